The van der Waals surface area contributed by atoms with E-state index in [1.54, 1.807) is 0 Å². The number of aryl methyl sites for hydroxylation is 1. The van der Waals surface area contributed by atoms with Gasteiger partial charge in [0, 0.05) is 5.02 Å². The van der Waals surface area contributed by atoms with Crippen molar-refractivity contribution >= 4 is 27.5 Å². The minimum atomic E-state index is 0.271. The Morgan fingerprint density at radius 2 is 2.20 bits per heavy atom. The smallest absolute Gasteiger partial charge is 0.0634 e. The van der Waals surface area contributed by atoms with Gasteiger partial charge >= 0.3 is 0 Å². The molecule has 0 N–H and O–H groups in total. The second kappa shape index (κ2) is 4.44. The van der Waals surface area contributed by atoms with E-state index in [-0.39, 0.29) is 4.83 Å². The molecule has 0 radical (unpaired) electrons. The first-order valence-corrected chi connectivity index (χ1v) is 6.41. The van der Waals surface area contributed by atoms with Gasteiger partial charge in [-0.3, -0.25) is 0 Å². The predicted molar refractivity (Wildman–Crippen MR) is 67.1 cm³/mol. The third-order valence-corrected chi connectivity index (χ3v) is 4.10. The molecule has 3 heteroatoms. The maximum Gasteiger partial charge on any atom is 0.0634 e. The Bertz CT molecular complexity index is 390. The van der Waals surface area contributed by atoms with E-state index in [0.717, 1.165) is 24.7 Å². The molecule has 0 spiro atoms. The molecule has 1 aliphatic rings. The predicted octanol–water partition coefficient (Wildman–Crippen LogP) is 3.97. The van der Waals surface area contributed by atoms with E-state index >= 15 is 0 Å². The first-order chi connectivity index (χ1) is 7.11. The molecule has 0 amide bonds. The first kappa shape index (κ1) is 11.4. The molecule has 15 heavy (non-hydrogen) atoms. The summed E-state index contributed by atoms with van der Waals surface area (Å²) in [6.45, 7) is 5.74. The summed E-state index contributed by atoms with van der Waals surface area (Å²) in [6.07, 6.45) is 0.987. The highest BCUT2D eigenvalue weighted by atomic mass is 79.9. The van der Waals surface area contributed by atoms with Crippen LogP contribution in [0.15, 0.2) is 6.07 Å². The molecular formula is C12H14BrClO. The van der Waals surface area contributed by atoms with Gasteiger partial charge in [-0.15, -0.1) is 0 Å². The molecule has 0 saturated heterocycles. The monoisotopic (exact) mass is 288 g/mol. The topological polar surface area (TPSA) is 9.23 Å². The van der Waals surface area contributed by atoms with E-state index < -0.39 is 0 Å². The van der Waals surface area contributed by atoms with Crippen molar-refractivity contribution in [3.63, 3.8) is 0 Å². The van der Waals surface area contributed by atoms with Crippen LogP contribution in [0.1, 0.15) is 27.1 Å². The fourth-order valence-corrected chi connectivity index (χ4v) is 3.23. The quantitative estimate of drug-likeness (QED) is 0.657. The molecule has 1 aromatic carbocycles. The largest absolute Gasteiger partial charge is 0.380 e. The lowest BCUT2D eigenvalue weighted by Crippen LogP contribution is -2.03. The van der Waals surface area contributed by atoms with Crippen LogP contribution in [0, 0.1) is 13.8 Å². The van der Waals surface area contributed by atoms with E-state index in [1.807, 2.05) is 0 Å². The Labute approximate surface area is 104 Å². The molecule has 1 aromatic rings. The van der Waals surface area contributed by atoms with Crippen LogP contribution in [-0.2, 0) is 11.2 Å². The van der Waals surface area contributed by atoms with E-state index in [4.69, 9.17) is 16.3 Å². The van der Waals surface area contributed by atoms with Crippen molar-refractivity contribution < 1.29 is 4.74 Å². The van der Waals surface area contributed by atoms with Gasteiger partial charge in [0.15, 0.2) is 0 Å². The Morgan fingerprint density at radius 1 is 1.47 bits per heavy atom. The van der Waals surface area contributed by atoms with Crippen LogP contribution in [0.5, 0.6) is 0 Å². The second-order valence-corrected chi connectivity index (χ2v) is 5.50. The molecule has 0 fully saturated rings. The standard InChI is InChI=1S/C12H14BrClO/c1-7-5-11(14)8(2)12-9(7)3-4-15-6-10(12)13/h5,10H,3-4,6H2,1-2H3. The van der Waals surface area contributed by atoms with Gasteiger partial charge in [-0.1, -0.05) is 27.5 Å². The van der Waals surface area contributed by atoms with Gasteiger partial charge in [0.25, 0.3) is 0 Å². The highest BCUT2D eigenvalue weighted by Crippen LogP contribution is 2.36. The first-order valence-electron chi connectivity index (χ1n) is 5.11. The lowest BCUT2D eigenvalue weighted by Gasteiger charge is -2.17. The summed E-state index contributed by atoms with van der Waals surface area (Å²) in [6, 6.07) is 2.06. The molecule has 1 heterocycles. The molecule has 0 aromatic heterocycles. The molecular weight excluding hydrogens is 275 g/mol. The summed E-state index contributed by atoms with van der Waals surface area (Å²) in [5, 5.41) is 0.859. The van der Waals surface area contributed by atoms with E-state index in [0.29, 0.717) is 0 Å². The lowest BCUT2D eigenvalue weighted by molar-refractivity contribution is 0.145. The second-order valence-electron chi connectivity index (χ2n) is 3.98. The van der Waals surface area contributed by atoms with Crippen LogP contribution in [0.3, 0.4) is 0 Å². The molecule has 1 atom stereocenters. The Morgan fingerprint density at radius 3 is 2.93 bits per heavy atom. The highest BCUT2D eigenvalue weighted by molar-refractivity contribution is 9.09. The lowest BCUT2D eigenvalue weighted by atomic mass is 9.94. The van der Waals surface area contributed by atoms with Crippen LogP contribution in [0.25, 0.3) is 0 Å². The SMILES string of the molecule is Cc1cc(Cl)c(C)c2c1CCOCC2Br. The fraction of sp³-hybridized carbons (Fsp3) is 0.500. The average molecular weight is 290 g/mol. The van der Waals surface area contributed by atoms with Gasteiger partial charge in [-0.05, 0) is 48.6 Å². The van der Waals surface area contributed by atoms with Crippen molar-refractivity contribution in [1.29, 1.82) is 0 Å². The van der Waals surface area contributed by atoms with Crippen LogP contribution in [0.2, 0.25) is 5.02 Å². The number of halogens is 2. The number of fused-ring (bicyclic) bond motifs is 1. The van der Waals surface area contributed by atoms with Crippen LogP contribution < -0.4 is 0 Å². The summed E-state index contributed by atoms with van der Waals surface area (Å²) in [7, 11) is 0. The average Bonchev–Trinajstić information content (AvgIpc) is 2.37. The van der Waals surface area contributed by atoms with Crippen molar-refractivity contribution in [3.05, 3.63) is 33.3 Å². The zero-order valence-electron chi connectivity index (χ0n) is 8.94. The Kier molecular flexibility index (Phi) is 3.39. The Balaban J connectivity index is 2.63. The maximum absolute atomic E-state index is 6.21. The number of benzene rings is 1. The number of rotatable bonds is 0. The number of hydrogen-bond donors (Lipinski definition) is 0. The van der Waals surface area contributed by atoms with E-state index in [2.05, 4.69) is 35.8 Å². The van der Waals surface area contributed by atoms with Crippen molar-refractivity contribution in [1.82, 2.24) is 0 Å². The minimum absolute atomic E-state index is 0.271. The molecule has 82 valence electrons. The normalized spacial score (nSPS) is 20.9. The van der Waals surface area contributed by atoms with Gasteiger partial charge in [-0.2, -0.15) is 0 Å². The summed E-state index contributed by atoms with van der Waals surface area (Å²) < 4.78 is 5.55. The highest BCUT2D eigenvalue weighted by Gasteiger charge is 2.21. The fourth-order valence-electron chi connectivity index (χ4n) is 2.15. The molecule has 2 rings (SSSR count). The van der Waals surface area contributed by atoms with Crippen molar-refractivity contribution in [2.24, 2.45) is 0 Å². The van der Waals surface area contributed by atoms with Gasteiger partial charge in [0.1, 0.15) is 0 Å². The number of alkyl halides is 1. The van der Waals surface area contributed by atoms with Crippen LogP contribution >= 0.6 is 27.5 Å². The van der Waals surface area contributed by atoms with Crippen LogP contribution in [0.4, 0.5) is 0 Å². The zero-order valence-corrected chi connectivity index (χ0v) is 11.3. The van der Waals surface area contributed by atoms with Crippen molar-refractivity contribution in [3.8, 4) is 0 Å². The van der Waals surface area contributed by atoms with Gasteiger partial charge in [-0.25, -0.2) is 0 Å². The molecule has 1 aliphatic heterocycles. The summed E-state index contributed by atoms with van der Waals surface area (Å²) in [5.74, 6) is 0. The molecule has 0 bridgehead atoms. The third-order valence-electron chi connectivity index (χ3n) is 2.98. The van der Waals surface area contributed by atoms with Gasteiger partial charge in [0.05, 0.1) is 18.0 Å². The van der Waals surface area contributed by atoms with Gasteiger partial charge < -0.3 is 4.74 Å². The number of hydrogen-bond acceptors (Lipinski definition) is 1. The van der Waals surface area contributed by atoms with Crippen LogP contribution in [-0.4, -0.2) is 13.2 Å². The van der Waals surface area contributed by atoms with Crippen molar-refractivity contribution in [2.45, 2.75) is 25.1 Å². The summed E-state index contributed by atoms with van der Waals surface area (Å²) in [5.41, 5.74) is 5.19. The summed E-state index contributed by atoms with van der Waals surface area (Å²) in [4.78, 5) is 0.271. The summed E-state index contributed by atoms with van der Waals surface area (Å²) >= 11 is 9.88. The Hall–Kier alpha value is -0.0500. The molecule has 0 saturated carbocycles. The maximum atomic E-state index is 6.21. The number of ether oxygens (including phenoxy) is 1. The molecule has 1 nitrogen and oxygen atoms in total. The third kappa shape index (κ3) is 2.08. The van der Waals surface area contributed by atoms with Gasteiger partial charge in [0.2, 0.25) is 0 Å². The molecule has 1 unspecified atom stereocenters. The molecule has 0 aliphatic carbocycles. The zero-order chi connectivity index (χ0) is 11.0. The minimum Gasteiger partial charge on any atom is -0.380 e. The van der Waals surface area contributed by atoms with E-state index in [1.165, 1.54) is 22.3 Å². The van der Waals surface area contributed by atoms with Crippen molar-refractivity contribution in [2.75, 3.05) is 13.2 Å². The van der Waals surface area contributed by atoms with E-state index in [9.17, 15) is 0 Å².